The molecule has 0 unspecified atom stereocenters. The van der Waals surface area contributed by atoms with E-state index in [1.54, 1.807) is 19.2 Å². The number of nitrogens with zero attached hydrogens (tertiary/aromatic N) is 1. The van der Waals surface area contributed by atoms with Gasteiger partial charge in [0.2, 0.25) is 0 Å². The molecule has 1 amide bonds. The van der Waals surface area contributed by atoms with E-state index in [1.807, 2.05) is 0 Å². The molecular formula is C13H14N2O5S. The van der Waals surface area contributed by atoms with Crippen LogP contribution in [0.15, 0.2) is 21.9 Å². The van der Waals surface area contributed by atoms with Crippen LogP contribution in [-0.2, 0) is 17.8 Å². The van der Waals surface area contributed by atoms with E-state index in [0.29, 0.717) is 30.3 Å². The molecule has 2 rings (SSSR count). The lowest BCUT2D eigenvalue weighted by molar-refractivity contribution is 0.0690. The van der Waals surface area contributed by atoms with Crippen LogP contribution >= 0.6 is 11.3 Å². The normalized spacial score (nSPS) is 10.5. The van der Waals surface area contributed by atoms with Crippen molar-refractivity contribution in [3.63, 3.8) is 0 Å². The number of hydrogen-bond donors (Lipinski definition) is 2. The molecule has 2 aromatic rings. The van der Waals surface area contributed by atoms with E-state index in [-0.39, 0.29) is 17.4 Å². The van der Waals surface area contributed by atoms with Crippen LogP contribution in [-0.4, -0.2) is 35.6 Å². The summed E-state index contributed by atoms with van der Waals surface area (Å²) >= 11 is 1.25. The Bertz CT molecular complexity index is 634. The van der Waals surface area contributed by atoms with Crippen molar-refractivity contribution in [3.05, 3.63) is 39.7 Å². The number of aromatic carboxylic acids is 1. The molecule has 112 valence electrons. The van der Waals surface area contributed by atoms with Gasteiger partial charge in [-0.3, -0.25) is 4.79 Å². The minimum Gasteiger partial charge on any atom is -0.476 e. The second kappa shape index (κ2) is 7.00. The van der Waals surface area contributed by atoms with E-state index >= 15 is 0 Å². The Morgan fingerprint density at radius 1 is 1.48 bits per heavy atom. The van der Waals surface area contributed by atoms with Crippen molar-refractivity contribution in [3.8, 4) is 0 Å². The van der Waals surface area contributed by atoms with Crippen molar-refractivity contribution in [2.75, 3.05) is 13.7 Å². The van der Waals surface area contributed by atoms with Crippen molar-refractivity contribution in [1.29, 1.82) is 0 Å². The maximum Gasteiger partial charge on any atom is 0.355 e. The third-order valence-corrected chi connectivity index (χ3v) is 3.48. The Morgan fingerprint density at radius 3 is 2.95 bits per heavy atom. The Morgan fingerprint density at radius 2 is 2.29 bits per heavy atom. The van der Waals surface area contributed by atoms with Gasteiger partial charge in [-0.05, 0) is 12.1 Å². The first-order valence-corrected chi connectivity index (χ1v) is 7.01. The lowest BCUT2D eigenvalue weighted by atomic mass is 10.4. The lowest BCUT2D eigenvalue weighted by Crippen LogP contribution is -2.25. The highest BCUT2D eigenvalue weighted by molar-refractivity contribution is 7.09. The molecular weight excluding hydrogens is 296 g/mol. The predicted molar refractivity (Wildman–Crippen MR) is 74.5 cm³/mol. The number of amides is 1. The smallest absolute Gasteiger partial charge is 0.355 e. The number of carbonyl (C=O) groups excluding carboxylic acids is 1. The molecule has 0 aliphatic carbocycles. The van der Waals surface area contributed by atoms with Gasteiger partial charge < -0.3 is 19.6 Å². The Hall–Kier alpha value is -2.19. The van der Waals surface area contributed by atoms with Gasteiger partial charge in [-0.25, -0.2) is 9.78 Å². The van der Waals surface area contributed by atoms with Crippen molar-refractivity contribution in [2.24, 2.45) is 0 Å². The Kier molecular flexibility index (Phi) is 5.07. The second-order valence-electron chi connectivity index (χ2n) is 4.14. The van der Waals surface area contributed by atoms with E-state index in [4.69, 9.17) is 14.3 Å². The average molecular weight is 310 g/mol. The van der Waals surface area contributed by atoms with Crippen LogP contribution in [0.25, 0.3) is 0 Å². The number of carboxylic acids is 1. The molecule has 0 aliphatic rings. The third kappa shape index (κ3) is 4.14. The molecule has 21 heavy (non-hydrogen) atoms. The number of furan rings is 1. The van der Waals surface area contributed by atoms with Gasteiger partial charge in [-0.1, -0.05) is 0 Å². The summed E-state index contributed by atoms with van der Waals surface area (Å²) in [5.74, 6) is -0.587. The highest BCUT2D eigenvalue weighted by Crippen LogP contribution is 2.11. The van der Waals surface area contributed by atoms with Crippen LogP contribution in [0.2, 0.25) is 0 Å². The van der Waals surface area contributed by atoms with Crippen molar-refractivity contribution < 1.29 is 23.8 Å². The number of nitrogens with one attached hydrogen (secondary N) is 1. The average Bonchev–Trinajstić information content (AvgIpc) is 3.08. The van der Waals surface area contributed by atoms with E-state index < -0.39 is 5.97 Å². The van der Waals surface area contributed by atoms with Gasteiger partial charge >= 0.3 is 5.97 Å². The van der Waals surface area contributed by atoms with Crippen molar-refractivity contribution >= 4 is 23.2 Å². The fourth-order valence-electron chi connectivity index (χ4n) is 1.61. The summed E-state index contributed by atoms with van der Waals surface area (Å²) in [6, 6.07) is 3.26. The summed E-state index contributed by atoms with van der Waals surface area (Å²) in [6.45, 7) is 0.663. The quantitative estimate of drug-likeness (QED) is 0.804. The molecule has 0 saturated heterocycles. The predicted octanol–water partition coefficient (Wildman–Crippen LogP) is 1.55. The van der Waals surface area contributed by atoms with E-state index in [2.05, 4.69) is 10.3 Å². The molecule has 0 bridgehead atoms. The molecule has 0 radical (unpaired) electrons. The standard InChI is InChI=1S/C13H14N2O5S/c1-19-6-8-2-3-10(20-8)12(16)14-5-4-11-15-9(7-21-11)13(17)18/h2-3,7H,4-6H2,1H3,(H,14,16)(H,17,18). The number of hydrogen-bond acceptors (Lipinski definition) is 6. The van der Waals surface area contributed by atoms with Crippen molar-refractivity contribution in [1.82, 2.24) is 10.3 Å². The molecule has 8 heteroatoms. The zero-order valence-corrected chi connectivity index (χ0v) is 12.1. The zero-order chi connectivity index (χ0) is 15.2. The number of rotatable bonds is 7. The molecule has 7 nitrogen and oxygen atoms in total. The molecule has 0 aliphatic heterocycles. The maximum atomic E-state index is 11.8. The summed E-state index contributed by atoms with van der Waals surface area (Å²) in [6.07, 6.45) is 0.468. The number of ether oxygens (including phenoxy) is 1. The Balaban J connectivity index is 1.81. The molecule has 0 aromatic carbocycles. The minimum atomic E-state index is -1.05. The van der Waals surface area contributed by atoms with Gasteiger partial charge in [0.15, 0.2) is 11.5 Å². The van der Waals surface area contributed by atoms with Gasteiger partial charge in [-0.15, -0.1) is 11.3 Å². The van der Waals surface area contributed by atoms with Crippen molar-refractivity contribution in [2.45, 2.75) is 13.0 Å². The summed E-state index contributed by atoms with van der Waals surface area (Å²) in [5, 5.41) is 13.6. The van der Waals surface area contributed by atoms with Crippen LogP contribution in [0.4, 0.5) is 0 Å². The van der Waals surface area contributed by atoms with Gasteiger partial charge in [-0.2, -0.15) is 0 Å². The molecule has 2 heterocycles. The first-order valence-electron chi connectivity index (χ1n) is 6.13. The van der Waals surface area contributed by atoms with Crippen LogP contribution < -0.4 is 5.32 Å². The summed E-state index contributed by atoms with van der Waals surface area (Å²) in [7, 11) is 1.54. The fourth-order valence-corrected chi connectivity index (χ4v) is 2.39. The van der Waals surface area contributed by atoms with E-state index in [9.17, 15) is 9.59 Å². The van der Waals surface area contributed by atoms with Gasteiger partial charge in [0.1, 0.15) is 12.4 Å². The second-order valence-corrected chi connectivity index (χ2v) is 5.08. The number of carboxylic acid groups (broad SMARTS) is 1. The SMILES string of the molecule is COCc1ccc(C(=O)NCCc2nc(C(=O)O)cs2)o1. The van der Waals surface area contributed by atoms with E-state index in [0.717, 1.165) is 0 Å². The topological polar surface area (TPSA) is 102 Å². The molecule has 0 saturated carbocycles. The number of carbonyl (C=O) groups is 2. The largest absolute Gasteiger partial charge is 0.476 e. The van der Waals surface area contributed by atoms with Gasteiger partial charge in [0, 0.05) is 25.5 Å². The molecule has 0 spiro atoms. The first-order chi connectivity index (χ1) is 10.1. The summed E-state index contributed by atoms with van der Waals surface area (Å²) in [4.78, 5) is 26.4. The lowest BCUT2D eigenvalue weighted by Gasteiger charge is -2.01. The highest BCUT2D eigenvalue weighted by Gasteiger charge is 2.12. The number of methoxy groups -OCH3 is 1. The molecule has 0 atom stereocenters. The minimum absolute atomic E-state index is 0.0246. The van der Waals surface area contributed by atoms with Crippen LogP contribution in [0.1, 0.15) is 31.8 Å². The third-order valence-electron chi connectivity index (χ3n) is 2.57. The molecule has 2 aromatic heterocycles. The highest BCUT2D eigenvalue weighted by atomic mass is 32.1. The summed E-state index contributed by atoms with van der Waals surface area (Å²) in [5.41, 5.74) is 0.0246. The monoisotopic (exact) mass is 310 g/mol. The summed E-state index contributed by atoms with van der Waals surface area (Å²) < 4.78 is 10.2. The van der Waals surface area contributed by atoms with E-state index in [1.165, 1.54) is 16.7 Å². The molecule has 2 N–H and O–H groups in total. The number of aromatic nitrogens is 1. The maximum absolute atomic E-state index is 11.8. The zero-order valence-electron chi connectivity index (χ0n) is 11.3. The fraction of sp³-hybridized carbons (Fsp3) is 0.308. The van der Waals surface area contributed by atoms with Crippen LogP contribution in [0.5, 0.6) is 0 Å². The Labute approximate surface area is 124 Å². The van der Waals surface area contributed by atoms with Gasteiger partial charge in [0.25, 0.3) is 5.91 Å². The van der Waals surface area contributed by atoms with Gasteiger partial charge in [0.05, 0.1) is 5.01 Å². The first kappa shape index (κ1) is 15.2. The van der Waals surface area contributed by atoms with Crippen LogP contribution in [0.3, 0.4) is 0 Å². The van der Waals surface area contributed by atoms with Crippen LogP contribution in [0, 0.1) is 0 Å². The number of thiazole rings is 1. The molecule has 0 fully saturated rings.